The number of rotatable bonds is 6. The second kappa shape index (κ2) is 6.44. The highest BCUT2D eigenvalue weighted by atomic mass is 16.3. The van der Waals surface area contributed by atoms with E-state index in [1.807, 2.05) is 4.90 Å². The Morgan fingerprint density at radius 1 is 1.10 bits per heavy atom. The first-order valence-electron chi connectivity index (χ1n) is 8.37. The van der Waals surface area contributed by atoms with Gasteiger partial charge in [0.1, 0.15) is 0 Å². The first kappa shape index (κ1) is 14.3. The van der Waals surface area contributed by atoms with Gasteiger partial charge in [-0.05, 0) is 44.2 Å². The minimum atomic E-state index is 0.227. The SMILES string of the molecule is O=C(CCC1CC1)N1C[C@@H](CN2CCCC2)[C@@H](CO)C1. The van der Waals surface area contributed by atoms with Crippen molar-refractivity contribution >= 4 is 5.91 Å². The minimum Gasteiger partial charge on any atom is -0.396 e. The van der Waals surface area contributed by atoms with Crippen LogP contribution in [-0.2, 0) is 4.79 Å². The van der Waals surface area contributed by atoms with Crippen molar-refractivity contribution < 1.29 is 9.90 Å². The van der Waals surface area contributed by atoms with Crippen LogP contribution in [0.3, 0.4) is 0 Å². The van der Waals surface area contributed by atoms with Crippen LogP contribution in [-0.4, -0.2) is 60.1 Å². The van der Waals surface area contributed by atoms with E-state index >= 15 is 0 Å². The van der Waals surface area contributed by atoms with Gasteiger partial charge in [-0.1, -0.05) is 12.8 Å². The zero-order chi connectivity index (χ0) is 13.9. The lowest BCUT2D eigenvalue weighted by Gasteiger charge is -2.22. The summed E-state index contributed by atoms with van der Waals surface area (Å²) in [7, 11) is 0. The summed E-state index contributed by atoms with van der Waals surface area (Å²) in [6, 6.07) is 0. The Balaban J connectivity index is 1.48. The van der Waals surface area contributed by atoms with Gasteiger partial charge in [0.25, 0.3) is 0 Å². The standard InChI is InChI=1S/C16H28N2O2/c19-12-15-11-18(16(20)6-5-13-3-4-13)10-14(15)9-17-7-1-2-8-17/h13-15,19H,1-12H2/t14-,15-/m1/s1. The predicted molar refractivity (Wildman–Crippen MR) is 78.3 cm³/mol. The number of nitrogens with zero attached hydrogens (tertiary/aromatic N) is 2. The summed E-state index contributed by atoms with van der Waals surface area (Å²) < 4.78 is 0. The number of amides is 1. The van der Waals surface area contributed by atoms with Gasteiger partial charge in [0, 0.05) is 38.6 Å². The summed E-state index contributed by atoms with van der Waals surface area (Å²) in [5.74, 6) is 1.92. The van der Waals surface area contributed by atoms with Crippen molar-refractivity contribution in [3.63, 3.8) is 0 Å². The topological polar surface area (TPSA) is 43.8 Å². The third kappa shape index (κ3) is 3.53. The molecule has 1 N–H and O–H groups in total. The molecule has 1 aliphatic carbocycles. The van der Waals surface area contributed by atoms with Crippen molar-refractivity contribution in [3.8, 4) is 0 Å². The van der Waals surface area contributed by atoms with Crippen molar-refractivity contribution in [2.75, 3.05) is 39.3 Å². The number of carbonyl (C=O) groups is 1. The molecule has 3 rings (SSSR count). The number of carbonyl (C=O) groups excluding carboxylic acids is 1. The zero-order valence-corrected chi connectivity index (χ0v) is 12.5. The molecule has 0 aromatic rings. The van der Waals surface area contributed by atoms with E-state index in [9.17, 15) is 9.90 Å². The molecule has 2 heterocycles. The van der Waals surface area contributed by atoms with Gasteiger partial charge < -0.3 is 14.9 Å². The maximum Gasteiger partial charge on any atom is 0.222 e. The molecule has 0 radical (unpaired) electrons. The average Bonchev–Trinajstić information content (AvgIpc) is 2.98. The van der Waals surface area contributed by atoms with E-state index in [1.165, 1.54) is 38.8 Å². The predicted octanol–water partition coefficient (Wildman–Crippen LogP) is 1.34. The molecule has 0 aromatic heterocycles. The second-order valence-electron chi connectivity index (χ2n) is 6.99. The first-order valence-corrected chi connectivity index (χ1v) is 8.37. The van der Waals surface area contributed by atoms with Crippen LogP contribution in [0.25, 0.3) is 0 Å². The molecule has 3 aliphatic rings. The molecular formula is C16H28N2O2. The third-order valence-electron chi connectivity index (χ3n) is 5.32. The molecule has 2 saturated heterocycles. The monoisotopic (exact) mass is 280 g/mol. The Morgan fingerprint density at radius 2 is 1.80 bits per heavy atom. The van der Waals surface area contributed by atoms with Gasteiger partial charge in [-0.25, -0.2) is 0 Å². The van der Waals surface area contributed by atoms with E-state index in [4.69, 9.17) is 0 Å². The maximum absolute atomic E-state index is 12.3. The first-order chi connectivity index (χ1) is 9.76. The Labute approximate surface area is 122 Å². The summed E-state index contributed by atoms with van der Waals surface area (Å²) in [6.45, 7) is 5.33. The molecule has 2 aliphatic heterocycles. The van der Waals surface area contributed by atoms with Crippen LogP contribution in [0.2, 0.25) is 0 Å². The highest BCUT2D eigenvalue weighted by molar-refractivity contribution is 5.76. The number of hydrogen-bond donors (Lipinski definition) is 1. The highest BCUT2D eigenvalue weighted by Crippen LogP contribution is 2.34. The molecule has 0 spiro atoms. The quantitative estimate of drug-likeness (QED) is 0.798. The molecule has 114 valence electrons. The lowest BCUT2D eigenvalue weighted by molar-refractivity contribution is -0.130. The molecule has 2 atom stereocenters. The second-order valence-corrected chi connectivity index (χ2v) is 6.99. The fourth-order valence-corrected chi connectivity index (χ4v) is 3.75. The van der Waals surface area contributed by atoms with E-state index in [-0.39, 0.29) is 6.61 Å². The van der Waals surface area contributed by atoms with Gasteiger partial charge in [0.15, 0.2) is 0 Å². The van der Waals surface area contributed by atoms with Crippen molar-refractivity contribution in [1.82, 2.24) is 9.80 Å². The molecular weight excluding hydrogens is 252 g/mol. The summed E-state index contributed by atoms with van der Waals surface area (Å²) >= 11 is 0. The van der Waals surface area contributed by atoms with E-state index in [0.717, 1.165) is 38.4 Å². The summed E-state index contributed by atoms with van der Waals surface area (Å²) in [4.78, 5) is 16.8. The molecule has 1 amide bonds. The van der Waals surface area contributed by atoms with Gasteiger partial charge in [0.2, 0.25) is 5.91 Å². The Hall–Kier alpha value is -0.610. The minimum absolute atomic E-state index is 0.227. The largest absolute Gasteiger partial charge is 0.396 e. The molecule has 20 heavy (non-hydrogen) atoms. The summed E-state index contributed by atoms with van der Waals surface area (Å²) in [5.41, 5.74) is 0. The maximum atomic E-state index is 12.3. The Bertz CT molecular complexity index is 337. The fraction of sp³-hybridized carbons (Fsp3) is 0.938. The van der Waals surface area contributed by atoms with Crippen LogP contribution in [0.1, 0.15) is 38.5 Å². The third-order valence-corrected chi connectivity index (χ3v) is 5.32. The Kier molecular flexibility index (Phi) is 4.61. The molecule has 0 bridgehead atoms. The van der Waals surface area contributed by atoms with Crippen LogP contribution < -0.4 is 0 Å². The molecule has 0 unspecified atom stereocenters. The molecule has 0 aromatic carbocycles. The fourth-order valence-electron chi connectivity index (χ4n) is 3.75. The smallest absolute Gasteiger partial charge is 0.222 e. The zero-order valence-electron chi connectivity index (χ0n) is 12.5. The van der Waals surface area contributed by atoms with E-state index in [1.54, 1.807) is 0 Å². The lowest BCUT2D eigenvalue weighted by atomic mass is 9.96. The van der Waals surface area contributed by atoms with Crippen molar-refractivity contribution in [2.24, 2.45) is 17.8 Å². The number of aliphatic hydroxyl groups excluding tert-OH is 1. The lowest BCUT2D eigenvalue weighted by Crippen LogP contribution is -2.32. The molecule has 1 saturated carbocycles. The van der Waals surface area contributed by atoms with Crippen LogP contribution in [0.4, 0.5) is 0 Å². The van der Waals surface area contributed by atoms with Gasteiger partial charge >= 0.3 is 0 Å². The Morgan fingerprint density at radius 3 is 2.45 bits per heavy atom. The van der Waals surface area contributed by atoms with Gasteiger partial charge in [-0.15, -0.1) is 0 Å². The van der Waals surface area contributed by atoms with Gasteiger partial charge in [0.05, 0.1) is 0 Å². The van der Waals surface area contributed by atoms with Gasteiger partial charge in [-0.3, -0.25) is 4.79 Å². The van der Waals surface area contributed by atoms with Gasteiger partial charge in [-0.2, -0.15) is 0 Å². The summed E-state index contributed by atoms with van der Waals surface area (Å²) in [6.07, 6.45) is 7.06. The van der Waals surface area contributed by atoms with Crippen LogP contribution in [0.15, 0.2) is 0 Å². The highest BCUT2D eigenvalue weighted by Gasteiger charge is 2.36. The van der Waals surface area contributed by atoms with Crippen LogP contribution in [0, 0.1) is 17.8 Å². The van der Waals surface area contributed by atoms with Crippen LogP contribution >= 0.6 is 0 Å². The van der Waals surface area contributed by atoms with Crippen molar-refractivity contribution in [2.45, 2.75) is 38.5 Å². The molecule has 4 heteroatoms. The van der Waals surface area contributed by atoms with Crippen molar-refractivity contribution in [3.05, 3.63) is 0 Å². The normalized spacial score (nSPS) is 31.1. The molecule has 4 nitrogen and oxygen atoms in total. The number of aliphatic hydroxyl groups is 1. The van der Waals surface area contributed by atoms with E-state index in [2.05, 4.69) is 4.90 Å². The average molecular weight is 280 g/mol. The number of likely N-dealkylation sites (tertiary alicyclic amines) is 2. The molecule has 3 fully saturated rings. The van der Waals surface area contributed by atoms with E-state index in [0.29, 0.717) is 17.7 Å². The van der Waals surface area contributed by atoms with Crippen LogP contribution in [0.5, 0.6) is 0 Å². The van der Waals surface area contributed by atoms with Crippen molar-refractivity contribution in [1.29, 1.82) is 0 Å². The summed E-state index contributed by atoms with van der Waals surface area (Å²) in [5, 5.41) is 9.58. The number of hydrogen-bond acceptors (Lipinski definition) is 3. The van der Waals surface area contributed by atoms with E-state index < -0.39 is 0 Å².